The van der Waals surface area contributed by atoms with E-state index in [4.69, 9.17) is 11.6 Å². The van der Waals surface area contributed by atoms with Crippen molar-refractivity contribution in [1.82, 2.24) is 14.5 Å². The highest BCUT2D eigenvalue weighted by Gasteiger charge is 2.08. The second-order valence-corrected chi connectivity index (χ2v) is 5.89. The molecule has 1 unspecified atom stereocenters. The summed E-state index contributed by atoms with van der Waals surface area (Å²) in [4.78, 5) is 35.6. The third kappa shape index (κ3) is 4.02. The fourth-order valence-electron chi connectivity index (χ4n) is 2.21. The topological polar surface area (TPSA) is 73.1 Å². The highest BCUT2D eigenvalue weighted by atomic mass is 35.5. The number of amides is 1. The number of hydrogen-bond donors (Lipinski definition) is 1. The highest BCUT2D eigenvalue weighted by Crippen LogP contribution is 2.15. The van der Waals surface area contributed by atoms with Gasteiger partial charge in [0.05, 0.1) is 11.6 Å². The lowest BCUT2D eigenvalue weighted by Gasteiger charge is -2.12. The molecule has 1 heterocycles. The standard InChI is InChI=1S/C17H18ClN3O3/c1-11(12-4-7-14(18)8-5-12)19-15(22)9-6-13-10-20(2)17(24)21(3)16(13)23/h4-11H,1-3H3,(H,19,22)/b9-6+. The molecule has 0 aliphatic heterocycles. The van der Waals surface area contributed by atoms with Crippen LogP contribution in [0, 0.1) is 0 Å². The van der Waals surface area contributed by atoms with Gasteiger partial charge in [-0.05, 0) is 30.7 Å². The number of carbonyl (C=O) groups excluding carboxylic acids is 1. The van der Waals surface area contributed by atoms with Crippen LogP contribution in [0.3, 0.4) is 0 Å². The maximum absolute atomic E-state index is 12.0. The molecule has 0 saturated heterocycles. The van der Waals surface area contributed by atoms with Gasteiger partial charge >= 0.3 is 5.69 Å². The summed E-state index contributed by atoms with van der Waals surface area (Å²) in [5.74, 6) is -0.339. The first-order chi connectivity index (χ1) is 11.3. The van der Waals surface area contributed by atoms with Crippen molar-refractivity contribution >= 4 is 23.6 Å². The van der Waals surface area contributed by atoms with E-state index in [2.05, 4.69) is 5.32 Å². The molecule has 1 aromatic heterocycles. The number of carbonyl (C=O) groups is 1. The maximum atomic E-state index is 12.0. The number of aromatic nitrogens is 2. The Morgan fingerprint density at radius 3 is 2.46 bits per heavy atom. The van der Waals surface area contributed by atoms with E-state index in [0.29, 0.717) is 5.02 Å². The van der Waals surface area contributed by atoms with Crippen LogP contribution >= 0.6 is 11.6 Å². The molecule has 24 heavy (non-hydrogen) atoms. The van der Waals surface area contributed by atoms with Gasteiger partial charge in [-0.15, -0.1) is 0 Å². The Morgan fingerprint density at radius 1 is 1.21 bits per heavy atom. The van der Waals surface area contributed by atoms with Gasteiger partial charge in [-0.3, -0.25) is 14.2 Å². The summed E-state index contributed by atoms with van der Waals surface area (Å²) in [6.07, 6.45) is 4.07. The van der Waals surface area contributed by atoms with Crippen LogP contribution in [0.15, 0.2) is 46.1 Å². The van der Waals surface area contributed by atoms with Crippen molar-refractivity contribution < 1.29 is 4.79 Å². The molecule has 7 heteroatoms. The van der Waals surface area contributed by atoms with Crippen LogP contribution in [0.4, 0.5) is 0 Å². The summed E-state index contributed by atoms with van der Waals surface area (Å²) in [6, 6.07) is 6.97. The molecule has 1 aromatic carbocycles. The molecule has 1 N–H and O–H groups in total. The number of halogens is 1. The van der Waals surface area contributed by atoms with Crippen LogP contribution < -0.4 is 16.6 Å². The normalized spacial score (nSPS) is 12.3. The smallest absolute Gasteiger partial charge is 0.330 e. The van der Waals surface area contributed by atoms with Crippen molar-refractivity contribution in [2.45, 2.75) is 13.0 Å². The Hall–Kier alpha value is -2.60. The van der Waals surface area contributed by atoms with E-state index in [1.807, 2.05) is 19.1 Å². The molecule has 0 saturated carbocycles. The first kappa shape index (κ1) is 17.7. The Balaban J connectivity index is 2.12. The van der Waals surface area contributed by atoms with E-state index in [1.54, 1.807) is 19.2 Å². The van der Waals surface area contributed by atoms with Crippen molar-refractivity contribution in [1.29, 1.82) is 0 Å². The van der Waals surface area contributed by atoms with Gasteiger partial charge in [0.15, 0.2) is 0 Å². The highest BCUT2D eigenvalue weighted by molar-refractivity contribution is 6.30. The minimum Gasteiger partial charge on any atom is -0.346 e. The van der Waals surface area contributed by atoms with E-state index in [1.165, 1.54) is 30.0 Å². The van der Waals surface area contributed by atoms with Gasteiger partial charge in [-0.2, -0.15) is 0 Å². The third-order valence-electron chi connectivity index (χ3n) is 3.62. The molecule has 0 bridgehead atoms. The zero-order valence-corrected chi connectivity index (χ0v) is 14.4. The molecule has 6 nitrogen and oxygen atoms in total. The van der Waals surface area contributed by atoms with Gasteiger partial charge in [0.1, 0.15) is 0 Å². The fourth-order valence-corrected chi connectivity index (χ4v) is 2.34. The largest absolute Gasteiger partial charge is 0.346 e. The first-order valence-corrected chi connectivity index (χ1v) is 7.68. The summed E-state index contributed by atoms with van der Waals surface area (Å²) in [7, 11) is 2.94. The van der Waals surface area contributed by atoms with Crippen molar-refractivity contribution in [2.75, 3.05) is 0 Å². The minimum atomic E-state index is -0.451. The average Bonchev–Trinajstić information content (AvgIpc) is 2.55. The quantitative estimate of drug-likeness (QED) is 0.854. The van der Waals surface area contributed by atoms with Gasteiger partial charge in [0, 0.05) is 31.4 Å². The van der Waals surface area contributed by atoms with E-state index in [9.17, 15) is 14.4 Å². The third-order valence-corrected chi connectivity index (χ3v) is 3.87. The summed E-state index contributed by atoms with van der Waals surface area (Å²) in [5.41, 5.74) is 0.305. The van der Waals surface area contributed by atoms with Crippen molar-refractivity contribution in [3.8, 4) is 0 Å². The summed E-state index contributed by atoms with van der Waals surface area (Å²) in [6.45, 7) is 1.85. The summed E-state index contributed by atoms with van der Waals surface area (Å²) >= 11 is 5.84. The number of nitrogens with one attached hydrogen (secondary N) is 1. The lowest BCUT2D eigenvalue weighted by molar-refractivity contribution is -0.117. The lowest BCUT2D eigenvalue weighted by atomic mass is 10.1. The Labute approximate surface area is 144 Å². The monoisotopic (exact) mass is 347 g/mol. The van der Waals surface area contributed by atoms with Gasteiger partial charge in [0.25, 0.3) is 5.56 Å². The molecule has 0 aliphatic carbocycles. The van der Waals surface area contributed by atoms with Crippen LogP contribution in [0.1, 0.15) is 24.1 Å². The fraction of sp³-hybridized carbons (Fsp3) is 0.235. The predicted octanol–water partition coefficient (Wildman–Crippen LogP) is 1.63. The molecule has 1 amide bonds. The van der Waals surface area contributed by atoms with Gasteiger partial charge in [-0.25, -0.2) is 4.79 Å². The Kier molecular flexibility index (Phi) is 5.41. The van der Waals surface area contributed by atoms with Gasteiger partial charge in [-0.1, -0.05) is 23.7 Å². The number of nitrogens with zero attached hydrogens (tertiary/aromatic N) is 2. The molecule has 0 radical (unpaired) electrons. The molecule has 0 spiro atoms. The molecule has 126 valence electrons. The molecular formula is C17H18ClN3O3. The van der Waals surface area contributed by atoms with Crippen molar-refractivity contribution in [2.24, 2.45) is 14.1 Å². The van der Waals surface area contributed by atoms with Crippen molar-refractivity contribution in [3.05, 3.63) is 73.5 Å². The number of aryl methyl sites for hydroxylation is 1. The molecule has 0 aliphatic rings. The molecule has 0 fully saturated rings. The van der Waals surface area contributed by atoms with Crippen LogP contribution in [0.25, 0.3) is 6.08 Å². The number of rotatable bonds is 4. The molecule has 2 aromatic rings. The molecular weight excluding hydrogens is 330 g/mol. The Morgan fingerprint density at radius 2 is 1.83 bits per heavy atom. The van der Waals surface area contributed by atoms with E-state index in [-0.39, 0.29) is 17.5 Å². The molecule has 1 atom stereocenters. The first-order valence-electron chi connectivity index (χ1n) is 7.30. The summed E-state index contributed by atoms with van der Waals surface area (Å²) in [5, 5.41) is 3.43. The van der Waals surface area contributed by atoms with Gasteiger partial charge < -0.3 is 9.88 Å². The number of hydrogen-bond acceptors (Lipinski definition) is 3. The second kappa shape index (κ2) is 7.31. The SMILES string of the molecule is CC(NC(=O)/C=C/c1cn(C)c(=O)n(C)c1=O)c1ccc(Cl)cc1. The van der Waals surface area contributed by atoms with Crippen LogP contribution in [0.2, 0.25) is 5.02 Å². The van der Waals surface area contributed by atoms with Crippen LogP contribution in [-0.4, -0.2) is 15.0 Å². The zero-order valence-electron chi connectivity index (χ0n) is 13.6. The van der Waals surface area contributed by atoms with Crippen LogP contribution in [0.5, 0.6) is 0 Å². The lowest BCUT2D eigenvalue weighted by Crippen LogP contribution is -2.37. The Bertz CT molecular complexity index is 895. The average molecular weight is 348 g/mol. The zero-order chi connectivity index (χ0) is 17.9. The van der Waals surface area contributed by atoms with Gasteiger partial charge in [0.2, 0.25) is 5.91 Å². The van der Waals surface area contributed by atoms with Crippen molar-refractivity contribution in [3.63, 3.8) is 0 Å². The summed E-state index contributed by atoms with van der Waals surface area (Å²) < 4.78 is 2.28. The number of benzene rings is 1. The van der Waals surface area contributed by atoms with E-state index < -0.39 is 11.2 Å². The maximum Gasteiger partial charge on any atom is 0.330 e. The molecule has 2 rings (SSSR count). The van der Waals surface area contributed by atoms with E-state index >= 15 is 0 Å². The predicted molar refractivity (Wildman–Crippen MR) is 94.0 cm³/mol. The van der Waals surface area contributed by atoms with Crippen LogP contribution in [-0.2, 0) is 18.9 Å². The minimum absolute atomic E-state index is 0.206. The van der Waals surface area contributed by atoms with E-state index in [0.717, 1.165) is 10.1 Å². The second-order valence-electron chi connectivity index (χ2n) is 5.46.